The number of hydroxylamine groups is 4. The largest absolute Gasteiger partial charge is 0.370 e. The maximum Gasteiger partial charge on any atom is 0.334 e. The van der Waals surface area contributed by atoms with Gasteiger partial charge in [0, 0.05) is 64.0 Å². The Morgan fingerprint density at radius 3 is 1.81 bits per heavy atom. The Hall–Kier alpha value is -3.64. The Morgan fingerprint density at radius 2 is 1.36 bits per heavy atom. The maximum atomic E-state index is 13.5. The van der Waals surface area contributed by atoms with Gasteiger partial charge in [-0.2, -0.15) is 0 Å². The maximum absolute atomic E-state index is 13.5. The summed E-state index contributed by atoms with van der Waals surface area (Å²) in [6.45, 7) is -1.19. The molecule has 1 atom stereocenters. The molecule has 2 aliphatic heterocycles. The summed E-state index contributed by atoms with van der Waals surface area (Å²) in [7, 11) is 0. The van der Waals surface area contributed by atoms with Crippen molar-refractivity contribution in [2.45, 2.75) is 44.8 Å². The van der Waals surface area contributed by atoms with Crippen LogP contribution in [0.2, 0.25) is 0 Å². The summed E-state index contributed by atoms with van der Waals surface area (Å²) >= 11 is 5.93. The van der Waals surface area contributed by atoms with E-state index in [-0.39, 0.29) is 51.9 Å². The van der Waals surface area contributed by atoms with Gasteiger partial charge in [0.2, 0.25) is 17.7 Å². The standard InChI is InChI=1S/C24H29Br2N5O11/c25-9-5-16(32)27-13-15(14-28-17(33)6-10-26)24(40)29(11-7-22(38)41-30-18(34)1-2-19(30)35)12-8-23(39)42-31-20(36)3-4-21(31)37/h5-6,9-10,15,18,34H,1-4,7-8,11-14H2,(H,27,32)(H,28,33)/b9-5+,10-6+. The van der Waals surface area contributed by atoms with Gasteiger partial charge in [-0.25, -0.2) is 9.59 Å². The summed E-state index contributed by atoms with van der Waals surface area (Å²) < 4.78 is 0. The predicted octanol–water partition coefficient (Wildman–Crippen LogP) is -0.733. The Balaban J connectivity index is 2.15. The average Bonchev–Trinajstić information content (AvgIpc) is 3.43. The van der Waals surface area contributed by atoms with Crippen LogP contribution in [0.1, 0.15) is 38.5 Å². The Morgan fingerprint density at radius 1 is 0.857 bits per heavy atom. The molecule has 0 aromatic heterocycles. The lowest BCUT2D eigenvalue weighted by Crippen LogP contribution is -2.47. The van der Waals surface area contributed by atoms with E-state index in [0.29, 0.717) is 10.1 Å². The molecule has 2 saturated heterocycles. The Kier molecular flexibility index (Phi) is 14.3. The van der Waals surface area contributed by atoms with Gasteiger partial charge < -0.3 is 30.3 Å². The lowest BCUT2D eigenvalue weighted by Gasteiger charge is -2.28. The molecule has 0 aromatic carbocycles. The quantitative estimate of drug-likeness (QED) is 0.142. The number of hydrogen-bond acceptors (Lipinski definition) is 11. The molecule has 42 heavy (non-hydrogen) atoms. The lowest BCUT2D eigenvalue weighted by atomic mass is 10.1. The fourth-order valence-electron chi connectivity index (χ4n) is 3.69. The molecule has 6 amide bonds. The first-order valence-electron chi connectivity index (χ1n) is 12.6. The van der Waals surface area contributed by atoms with Crippen molar-refractivity contribution in [3.8, 4) is 0 Å². The zero-order valence-electron chi connectivity index (χ0n) is 22.2. The highest BCUT2D eigenvalue weighted by Gasteiger charge is 2.35. The number of aliphatic hydroxyl groups is 1. The van der Waals surface area contributed by atoms with E-state index in [1.165, 1.54) is 9.97 Å². The number of imide groups is 1. The van der Waals surface area contributed by atoms with Crippen LogP contribution in [-0.2, 0) is 48.0 Å². The summed E-state index contributed by atoms with van der Waals surface area (Å²) in [6, 6.07) is 0. The third-order valence-electron chi connectivity index (χ3n) is 5.84. The lowest BCUT2D eigenvalue weighted by molar-refractivity contribution is -0.220. The van der Waals surface area contributed by atoms with Crippen molar-refractivity contribution in [2.24, 2.45) is 5.92 Å². The van der Waals surface area contributed by atoms with Crippen LogP contribution in [0.5, 0.6) is 0 Å². The minimum absolute atomic E-state index is 0.0170. The third-order valence-corrected chi connectivity index (χ3v) is 6.37. The smallest absolute Gasteiger partial charge is 0.334 e. The van der Waals surface area contributed by atoms with Crippen LogP contribution in [0.3, 0.4) is 0 Å². The molecule has 0 saturated carbocycles. The van der Waals surface area contributed by atoms with Crippen LogP contribution in [0.4, 0.5) is 0 Å². The van der Waals surface area contributed by atoms with Crippen molar-refractivity contribution < 1.29 is 53.1 Å². The molecule has 0 spiro atoms. The van der Waals surface area contributed by atoms with Crippen LogP contribution in [0.15, 0.2) is 22.1 Å². The predicted molar refractivity (Wildman–Crippen MR) is 147 cm³/mol. The van der Waals surface area contributed by atoms with E-state index in [9.17, 15) is 43.5 Å². The van der Waals surface area contributed by atoms with Gasteiger partial charge in [-0.3, -0.25) is 28.8 Å². The van der Waals surface area contributed by atoms with E-state index < -0.39 is 72.4 Å². The highest BCUT2D eigenvalue weighted by Crippen LogP contribution is 2.17. The van der Waals surface area contributed by atoms with Crippen molar-refractivity contribution in [3.05, 3.63) is 22.1 Å². The van der Waals surface area contributed by atoms with Crippen LogP contribution in [-0.4, -0.2) is 99.9 Å². The molecule has 0 aromatic rings. The fraction of sp³-hybridized carbons (Fsp3) is 0.500. The third kappa shape index (κ3) is 11.0. The molecule has 0 radical (unpaired) electrons. The van der Waals surface area contributed by atoms with Gasteiger partial charge in [-0.15, -0.1) is 10.1 Å². The first-order chi connectivity index (χ1) is 20.0. The van der Waals surface area contributed by atoms with E-state index in [2.05, 4.69) is 42.5 Å². The second-order valence-corrected chi connectivity index (χ2v) is 9.90. The van der Waals surface area contributed by atoms with Crippen molar-refractivity contribution in [1.82, 2.24) is 25.7 Å². The summed E-state index contributed by atoms with van der Waals surface area (Å²) in [5, 5.41) is 15.7. The number of amides is 6. The summed E-state index contributed by atoms with van der Waals surface area (Å²) in [5.41, 5.74) is 0. The van der Waals surface area contributed by atoms with Crippen molar-refractivity contribution in [1.29, 1.82) is 0 Å². The molecule has 230 valence electrons. The first kappa shape index (κ1) is 34.6. The fourth-order valence-corrected chi connectivity index (χ4v) is 4.17. The molecule has 2 fully saturated rings. The number of aliphatic hydroxyl groups excluding tert-OH is 1. The van der Waals surface area contributed by atoms with Crippen LogP contribution in [0, 0.1) is 5.92 Å². The minimum atomic E-state index is -1.30. The normalized spacial score (nSPS) is 17.0. The summed E-state index contributed by atoms with van der Waals surface area (Å²) in [6.07, 6.45) is -0.134. The SMILES string of the molecule is O=C(/C=C/Br)NCC(CNC(=O)/C=C/Br)C(=O)N(CCC(=O)ON1C(=O)CCC1=O)CCC(=O)ON1C(=O)CCC1O. The monoisotopic (exact) mass is 721 g/mol. The van der Waals surface area contributed by atoms with Crippen molar-refractivity contribution in [3.63, 3.8) is 0 Å². The van der Waals surface area contributed by atoms with Crippen molar-refractivity contribution >= 4 is 79.2 Å². The number of carbonyl (C=O) groups excluding carboxylic acids is 8. The number of halogens is 2. The van der Waals surface area contributed by atoms with Crippen LogP contribution < -0.4 is 10.6 Å². The van der Waals surface area contributed by atoms with E-state index in [1.54, 1.807) is 0 Å². The van der Waals surface area contributed by atoms with Crippen molar-refractivity contribution in [2.75, 3.05) is 26.2 Å². The Bertz CT molecular complexity index is 1100. The van der Waals surface area contributed by atoms with E-state index in [4.69, 9.17) is 9.68 Å². The van der Waals surface area contributed by atoms with Gasteiger partial charge in [0.25, 0.3) is 17.7 Å². The molecule has 2 heterocycles. The van der Waals surface area contributed by atoms with Gasteiger partial charge in [0.15, 0.2) is 6.23 Å². The molecular weight excluding hydrogens is 694 g/mol. The van der Waals surface area contributed by atoms with E-state index in [0.717, 1.165) is 17.1 Å². The van der Waals surface area contributed by atoms with Crippen LogP contribution >= 0.6 is 31.9 Å². The molecule has 3 N–H and O–H groups in total. The highest BCUT2D eigenvalue weighted by molar-refractivity contribution is 9.11. The molecule has 16 nitrogen and oxygen atoms in total. The van der Waals surface area contributed by atoms with E-state index >= 15 is 0 Å². The number of nitrogens with one attached hydrogen (secondary N) is 2. The van der Waals surface area contributed by atoms with Gasteiger partial charge >= 0.3 is 11.9 Å². The number of hydrogen-bond donors (Lipinski definition) is 3. The molecular formula is C24H29Br2N5O11. The zero-order valence-corrected chi connectivity index (χ0v) is 25.3. The zero-order chi connectivity index (χ0) is 31.2. The summed E-state index contributed by atoms with van der Waals surface area (Å²) in [4.78, 5) is 111. The average molecular weight is 723 g/mol. The topological polar surface area (TPSA) is 209 Å². The summed E-state index contributed by atoms with van der Waals surface area (Å²) in [5.74, 6) is -6.80. The van der Waals surface area contributed by atoms with Gasteiger partial charge in [-0.1, -0.05) is 31.9 Å². The molecule has 0 aliphatic carbocycles. The first-order valence-corrected chi connectivity index (χ1v) is 14.4. The second kappa shape index (κ2) is 17.3. The van der Waals surface area contributed by atoms with Gasteiger partial charge in [0.1, 0.15) is 0 Å². The number of rotatable bonds is 15. The van der Waals surface area contributed by atoms with E-state index in [1.807, 2.05) is 0 Å². The number of nitrogens with zero attached hydrogens (tertiary/aromatic N) is 3. The molecule has 2 rings (SSSR count). The second-order valence-electron chi connectivity index (χ2n) is 8.85. The molecule has 1 unspecified atom stereocenters. The Labute approximate surface area is 256 Å². The number of carbonyl (C=O) groups is 8. The van der Waals surface area contributed by atoms with Gasteiger partial charge in [-0.05, 0) is 9.97 Å². The minimum Gasteiger partial charge on any atom is -0.370 e. The van der Waals surface area contributed by atoms with Gasteiger partial charge in [0.05, 0.1) is 18.8 Å². The molecule has 18 heteroatoms. The van der Waals surface area contributed by atoms with Crippen LogP contribution in [0.25, 0.3) is 0 Å². The molecule has 0 bridgehead atoms. The molecule has 2 aliphatic rings. The highest BCUT2D eigenvalue weighted by atomic mass is 79.9.